The van der Waals surface area contributed by atoms with E-state index in [0.717, 1.165) is 38.8 Å². The minimum absolute atomic E-state index is 0.782. The van der Waals surface area contributed by atoms with Crippen molar-refractivity contribution in [2.45, 2.75) is 13.8 Å². The third-order valence-corrected chi connectivity index (χ3v) is 4.16. The second-order valence-electron chi connectivity index (χ2n) is 6.01. The molecular formula is C20H18N4. The second-order valence-corrected chi connectivity index (χ2v) is 6.01. The van der Waals surface area contributed by atoms with Gasteiger partial charge in [-0.05, 0) is 43.2 Å². The molecule has 0 aliphatic heterocycles. The largest absolute Gasteiger partial charge is 0.361 e. The number of rotatable bonds is 3. The maximum absolute atomic E-state index is 4.68. The molecule has 2 aromatic heterocycles. The molecule has 0 unspecified atom stereocenters. The van der Waals surface area contributed by atoms with E-state index in [9.17, 15) is 0 Å². The summed E-state index contributed by atoms with van der Waals surface area (Å²) in [6.07, 6.45) is 3.78. The van der Waals surface area contributed by atoms with Crippen LogP contribution in [0, 0.1) is 13.8 Å². The lowest BCUT2D eigenvalue weighted by atomic mass is 10.1. The molecule has 0 bridgehead atoms. The number of pyridine rings is 1. The number of anilines is 1. The van der Waals surface area contributed by atoms with Crippen LogP contribution in [-0.4, -0.2) is 16.2 Å². The van der Waals surface area contributed by atoms with E-state index in [1.807, 2.05) is 31.5 Å². The van der Waals surface area contributed by atoms with E-state index in [1.54, 1.807) is 0 Å². The zero-order chi connectivity index (χ0) is 16.5. The number of nitrogens with one attached hydrogen (secondary N) is 2. The van der Waals surface area contributed by atoms with Crippen LogP contribution in [-0.2, 0) is 0 Å². The first-order valence-electron chi connectivity index (χ1n) is 7.94. The first kappa shape index (κ1) is 14.5. The minimum Gasteiger partial charge on any atom is -0.361 e. The van der Waals surface area contributed by atoms with Crippen molar-refractivity contribution in [3.8, 4) is 0 Å². The van der Waals surface area contributed by atoms with Crippen LogP contribution in [0.25, 0.3) is 21.8 Å². The smallest absolute Gasteiger partial charge is 0.149 e. The Hall–Kier alpha value is -3.14. The van der Waals surface area contributed by atoms with Crippen molar-refractivity contribution in [3.63, 3.8) is 0 Å². The van der Waals surface area contributed by atoms with E-state index in [2.05, 4.69) is 63.8 Å². The summed E-state index contributed by atoms with van der Waals surface area (Å²) in [7, 11) is 0. The van der Waals surface area contributed by atoms with Crippen molar-refractivity contribution in [2.24, 2.45) is 5.10 Å². The van der Waals surface area contributed by atoms with E-state index in [-0.39, 0.29) is 0 Å². The van der Waals surface area contributed by atoms with Crippen LogP contribution in [0.4, 0.5) is 5.82 Å². The van der Waals surface area contributed by atoms with Crippen LogP contribution in [0.2, 0.25) is 0 Å². The van der Waals surface area contributed by atoms with Gasteiger partial charge in [0.2, 0.25) is 0 Å². The zero-order valence-corrected chi connectivity index (χ0v) is 13.7. The molecule has 4 nitrogen and oxygen atoms in total. The highest BCUT2D eigenvalue weighted by Gasteiger charge is 2.03. The number of aryl methyl sites for hydroxylation is 2. The summed E-state index contributed by atoms with van der Waals surface area (Å²) in [5, 5.41) is 6.66. The Morgan fingerprint density at radius 1 is 1.08 bits per heavy atom. The number of hydrogen-bond acceptors (Lipinski definition) is 3. The molecule has 2 N–H and O–H groups in total. The van der Waals surface area contributed by atoms with Gasteiger partial charge in [-0.2, -0.15) is 5.10 Å². The lowest BCUT2D eigenvalue weighted by Crippen LogP contribution is -1.97. The molecule has 0 aliphatic carbocycles. The number of H-pyrrole nitrogens is 1. The molecule has 4 heteroatoms. The summed E-state index contributed by atoms with van der Waals surface area (Å²) in [6, 6.07) is 16.6. The molecule has 2 heterocycles. The Morgan fingerprint density at radius 3 is 2.88 bits per heavy atom. The van der Waals surface area contributed by atoms with Crippen molar-refractivity contribution in [2.75, 3.05) is 5.43 Å². The van der Waals surface area contributed by atoms with Crippen molar-refractivity contribution < 1.29 is 0 Å². The van der Waals surface area contributed by atoms with Gasteiger partial charge in [0.25, 0.3) is 0 Å². The monoisotopic (exact) mass is 314 g/mol. The predicted octanol–water partition coefficient (Wildman–Crippen LogP) is 4.78. The Morgan fingerprint density at radius 2 is 1.96 bits per heavy atom. The molecule has 118 valence electrons. The predicted molar refractivity (Wildman–Crippen MR) is 101 cm³/mol. The number of fused-ring (bicyclic) bond motifs is 2. The molecule has 24 heavy (non-hydrogen) atoms. The normalized spacial score (nSPS) is 11.6. The van der Waals surface area contributed by atoms with Gasteiger partial charge in [0, 0.05) is 28.0 Å². The van der Waals surface area contributed by atoms with E-state index in [1.165, 1.54) is 5.56 Å². The van der Waals surface area contributed by atoms with Gasteiger partial charge in [0.15, 0.2) is 0 Å². The van der Waals surface area contributed by atoms with Crippen molar-refractivity contribution >= 4 is 33.8 Å². The number of aromatic amines is 1. The van der Waals surface area contributed by atoms with Gasteiger partial charge < -0.3 is 4.98 Å². The number of hydrogen-bond donors (Lipinski definition) is 2. The topological polar surface area (TPSA) is 53.1 Å². The van der Waals surface area contributed by atoms with Gasteiger partial charge in [-0.25, -0.2) is 4.98 Å². The fourth-order valence-corrected chi connectivity index (χ4v) is 2.86. The SMILES string of the molecule is Cc1ccc2cc(C)c(N/N=C/c3c[nH]c4ccccc34)nc2c1. The standard InChI is InChI=1S/C20H18N4/c1-13-7-8-15-10-14(2)20(23-19(15)9-13)24-22-12-16-11-21-18-6-4-3-5-17(16)18/h3-12,21H,1-2H3,(H,23,24)/b22-12+. The molecule has 0 atom stereocenters. The summed E-state index contributed by atoms with van der Waals surface area (Å²) in [4.78, 5) is 7.93. The molecule has 0 amide bonds. The molecule has 0 saturated carbocycles. The molecule has 0 spiro atoms. The minimum atomic E-state index is 0.782. The molecule has 0 radical (unpaired) electrons. The van der Waals surface area contributed by atoms with Crippen molar-refractivity contribution in [1.82, 2.24) is 9.97 Å². The number of para-hydroxylation sites is 1. The first-order valence-corrected chi connectivity index (χ1v) is 7.94. The summed E-state index contributed by atoms with van der Waals surface area (Å²) in [5.41, 5.74) is 8.48. The van der Waals surface area contributed by atoms with E-state index in [4.69, 9.17) is 0 Å². The average molecular weight is 314 g/mol. The van der Waals surface area contributed by atoms with Crippen LogP contribution in [0.5, 0.6) is 0 Å². The quantitative estimate of drug-likeness (QED) is 0.422. The average Bonchev–Trinajstić information content (AvgIpc) is 2.99. The Kier molecular flexibility index (Phi) is 3.50. The Bertz CT molecular complexity index is 1060. The lowest BCUT2D eigenvalue weighted by molar-refractivity contribution is 1.22. The number of aromatic nitrogens is 2. The number of hydrazone groups is 1. The molecule has 0 fully saturated rings. The molecule has 0 saturated heterocycles. The maximum atomic E-state index is 4.68. The molecule has 2 aromatic carbocycles. The summed E-state index contributed by atoms with van der Waals surface area (Å²) in [5.74, 6) is 0.782. The summed E-state index contributed by atoms with van der Waals surface area (Å²) >= 11 is 0. The molecular weight excluding hydrogens is 296 g/mol. The van der Waals surface area contributed by atoms with Crippen LogP contribution in [0.1, 0.15) is 16.7 Å². The van der Waals surface area contributed by atoms with E-state index >= 15 is 0 Å². The number of benzene rings is 2. The van der Waals surface area contributed by atoms with E-state index in [0.29, 0.717) is 0 Å². The third kappa shape index (κ3) is 2.63. The highest BCUT2D eigenvalue weighted by molar-refractivity contribution is 5.99. The molecule has 0 aliphatic rings. The Balaban J connectivity index is 1.63. The highest BCUT2D eigenvalue weighted by atomic mass is 15.3. The number of nitrogens with zero attached hydrogens (tertiary/aromatic N) is 2. The Labute approximate surface area is 140 Å². The van der Waals surface area contributed by atoms with Crippen molar-refractivity contribution in [1.29, 1.82) is 0 Å². The van der Waals surface area contributed by atoms with Crippen LogP contribution in [0.15, 0.2) is 59.8 Å². The van der Waals surface area contributed by atoms with Gasteiger partial charge >= 0.3 is 0 Å². The second kappa shape index (κ2) is 5.81. The van der Waals surface area contributed by atoms with Gasteiger partial charge in [-0.3, -0.25) is 5.43 Å². The van der Waals surface area contributed by atoms with Crippen LogP contribution in [0.3, 0.4) is 0 Å². The molecule has 4 aromatic rings. The lowest BCUT2D eigenvalue weighted by Gasteiger charge is -2.07. The fourth-order valence-electron chi connectivity index (χ4n) is 2.86. The van der Waals surface area contributed by atoms with Crippen LogP contribution >= 0.6 is 0 Å². The zero-order valence-electron chi connectivity index (χ0n) is 13.7. The third-order valence-electron chi connectivity index (χ3n) is 4.16. The summed E-state index contributed by atoms with van der Waals surface area (Å²) in [6.45, 7) is 4.11. The van der Waals surface area contributed by atoms with Crippen molar-refractivity contribution in [3.05, 3.63) is 71.4 Å². The first-order chi connectivity index (χ1) is 11.7. The molecule has 4 rings (SSSR count). The van der Waals surface area contributed by atoms with E-state index < -0.39 is 0 Å². The van der Waals surface area contributed by atoms with Gasteiger partial charge in [-0.15, -0.1) is 0 Å². The fraction of sp³-hybridized carbons (Fsp3) is 0.100. The summed E-state index contributed by atoms with van der Waals surface area (Å²) < 4.78 is 0. The van der Waals surface area contributed by atoms with Gasteiger partial charge in [0.05, 0.1) is 11.7 Å². The highest BCUT2D eigenvalue weighted by Crippen LogP contribution is 2.21. The van der Waals surface area contributed by atoms with Gasteiger partial charge in [0.1, 0.15) is 5.82 Å². The maximum Gasteiger partial charge on any atom is 0.149 e. The van der Waals surface area contributed by atoms with Gasteiger partial charge in [-0.1, -0.05) is 30.3 Å². The van der Waals surface area contributed by atoms with Crippen LogP contribution < -0.4 is 5.43 Å².